The maximum Gasteiger partial charge on any atom is 0.317 e. The van der Waals surface area contributed by atoms with E-state index in [9.17, 15) is 18.4 Å². The van der Waals surface area contributed by atoms with Gasteiger partial charge in [-0.3, -0.25) is 4.79 Å². The van der Waals surface area contributed by atoms with Gasteiger partial charge in [-0.05, 0) is 30.5 Å². The number of fused-ring (bicyclic) bond motifs is 1. The van der Waals surface area contributed by atoms with Crippen molar-refractivity contribution in [1.82, 2.24) is 15.2 Å². The molecule has 0 bridgehead atoms. The predicted octanol–water partition coefficient (Wildman–Crippen LogP) is 3.11. The summed E-state index contributed by atoms with van der Waals surface area (Å²) in [5.74, 6) is -1.35. The van der Waals surface area contributed by atoms with Gasteiger partial charge in [0.05, 0.1) is 12.8 Å². The number of urea groups is 1. The maximum atomic E-state index is 14.2. The van der Waals surface area contributed by atoms with Crippen molar-refractivity contribution in [1.29, 1.82) is 0 Å². The number of nitrogens with one attached hydrogen (secondary N) is 2. The van der Waals surface area contributed by atoms with Gasteiger partial charge in [0.25, 0.3) is 0 Å². The fraction of sp³-hybridized carbons (Fsp3) is 0.381. The number of methoxy groups -OCH3 is 1. The van der Waals surface area contributed by atoms with Crippen LogP contribution in [0.2, 0.25) is 0 Å². The van der Waals surface area contributed by atoms with Gasteiger partial charge in [-0.15, -0.1) is 0 Å². The Morgan fingerprint density at radius 2 is 2.07 bits per heavy atom. The van der Waals surface area contributed by atoms with Gasteiger partial charge in [0.15, 0.2) is 5.78 Å². The number of aromatic nitrogens is 1. The molecular formula is C21H22F2N4O3. The highest BCUT2D eigenvalue weighted by atomic mass is 19.1. The monoisotopic (exact) mass is 416 g/mol. The van der Waals surface area contributed by atoms with Gasteiger partial charge in [0.2, 0.25) is 5.88 Å². The zero-order valence-electron chi connectivity index (χ0n) is 16.5. The molecule has 1 aromatic carbocycles. The number of anilines is 1. The van der Waals surface area contributed by atoms with Gasteiger partial charge in [-0.1, -0.05) is 0 Å². The molecule has 0 aliphatic carbocycles. The number of hydrogen-bond acceptors (Lipinski definition) is 5. The van der Waals surface area contributed by atoms with Gasteiger partial charge in [-0.2, -0.15) is 0 Å². The maximum absolute atomic E-state index is 14.2. The molecule has 9 heteroatoms. The van der Waals surface area contributed by atoms with E-state index in [1.165, 1.54) is 7.11 Å². The molecular weight excluding hydrogens is 394 g/mol. The topological polar surface area (TPSA) is 83.6 Å². The van der Waals surface area contributed by atoms with E-state index in [1.807, 2.05) is 0 Å². The van der Waals surface area contributed by atoms with Crippen molar-refractivity contribution in [3.8, 4) is 5.88 Å². The minimum absolute atomic E-state index is 0.0473. The number of benzene rings is 1. The van der Waals surface area contributed by atoms with Crippen molar-refractivity contribution < 1.29 is 23.1 Å². The number of hydrogen-bond donors (Lipinski definition) is 2. The van der Waals surface area contributed by atoms with E-state index < -0.39 is 17.2 Å². The third kappa shape index (κ3) is 3.92. The second-order valence-electron chi connectivity index (χ2n) is 7.67. The number of nitrogens with zero attached hydrogens (tertiary/aromatic N) is 2. The van der Waals surface area contributed by atoms with Crippen molar-refractivity contribution in [2.24, 2.45) is 0 Å². The number of halogens is 2. The molecule has 2 aliphatic rings. The average molecular weight is 416 g/mol. The van der Waals surface area contributed by atoms with Crippen molar-refractivity contribution in [3.05, 3.63) is 53.2 Å². The molecule has 1 saturated heterocycles. The molecule has 1 spiro atoms. The molecule has 0 radical (unpaired) electrons. The standard InChI is InChI=1S/C21H22F2N4O3/c1-30-18-8-13(2-5-24-18)12-25-20(29)27-6-3-21(4-7-27)11-17(28)15-9-14(22)10-16(23)19(15)26-21/h2,5,8-10,26H,3-4,6-7,11-12H2,1H3,(H,25,29). The first-order chi connectivity index (χ1) is 14.4. The molecule has 3 heterocycles. The minimum Gasteiger partial charge on any atom is -0.481 e. The summed E-state index contributed by atoms with van der Waals surface area (Å²) in [6.45, 7) is 1.17. The highest BCUT2D eigenvalue weighted by Crippen LogP contribution is 2.39. The first-order valence-electron chi connectivity index (χ1n) is 9.71. The van der Waals surface area contributed by atoms with E-state index in [-0.39, 0.29) is 29.5 Å². The number of ketones is 1. The van der Waals surface area contributed by atoms with Crippen LogP contribution in [-0.4, -0.2) is 47.4 Å². The van der Waals surface area contributed by atoms with Gasteiger partial charge in [0.1, 0.15) is 11.6 Å². The third-order valence-corrected chi connectivity index (χ3v) is 5.70. The SMILES string of the molecule is COc1cc(CNC(=O)N2CCC3(CC2)CC(=O)c2cc(F)cc(F)c2N3)ccn1. The quantitative estimate of drug-likeness (QED) is 0.803. The van der Waals surface area contributed by atoms with Gasteiger partial charge < -0.3 is 20.3 Å². The summed E-state index contributed by atoms with van der Waals surface area (Å²) in [5, 5.41) is 5.99. The van der Waals surface area contributed by atoms with E-state index in [1.54, 1.807) is 23.2 Å². The summed E-state index contributed by atoms with van der Waals surface area (Å²) in [5.41, 5.74) is 0.337. The van der Waals surface area contributed by atoms with Gasteiger partial charge in [0, 0.05) is 55.5 Å². The number of Topliss-reactive ketones (excluding diaryl/α,β-unsaturated/α-hetero) is 1. The Morgan fingerprint density at radius 3 is 2.80 bits per heavy atom. The molecule has 1 aromatic heterocycles. The molecule has 1 fully saturated rings. The lowest BCUT2D eigenvalue weighted by molar-refractivity contribution is 0.0914. The largest absolute Gasteiger partial charge is 0.481 e. The molecule has 30 heavy (non-hydrogen) atoms. The predicted molar refractivity (Wildman–Crippen MR) is 105 cm³/mol. The molecule has 2 aliphatic heterocycles. The molecule has 4 rings (SSSR count). The van der Waals surface area contributed by atoms with Crippen LogP contribution in [0.3, 0.4) is 0 Å². The molecule has 0 atom stereocenters. The number of pyridine rings is 1. The average Bonchev–Trinajstić information content (AvgIpc) is 2.74. The second kappa shape index (κ2) is 7.89. The van der Waals surface area contributed by atoms with E-state index in [0.29, 0.717) is 38.4 Å². The van der Waals surface area contributed by atoms with Crippen molar-refractivity contribution in [2.75, 3.05) is 25.5 Å². The van der Waals surface area contributed by atoms with E-state index in [0.717, 1.165) is 17.7 Å². The lowest BCUT2D eigenvalue weighted by Crippen LogP contribution is -2.55. The normalized spacial score (nSPS) is 17.3. The summed E-state index contributed by atoms with van der Waals surface area (Å²) in [6, 6.07) is 5.17. The van der Waals surface area contributed by atoms with E-state index >= 15 is 0 Å². The van der Waals surface area contributed by atoms with Gasteiger partial charge >= 0.3 is 6.03 Å². The third-order valence-electron chi connectivity index (χ3n) is 5.70. The molecule has 158 valence electrons. The van der Waals surface area contributed by atoms with Crippen LogP contribution in [0.15, 0.2) is 30.5 Å². The van der Waals surface area contributed by atoms with E-state index in [2.05, 4.69) is 15.6 Å². The number of carbonyl (C=O) groups excluding carboxylic acids is 2. The molecule has 2 amide bonds. The highest BCUT2D eigenvalue weighted by Gasteiger charge is 2.42. The smallest absolute Gasteiger partial charge is 0.317 e. The Hall–Kier alpha value is -3.23. The number of piperidine rings is 1. The Morgan fingerprint density at radius 1 is 1.30 bits per heavy atom. The number of ether oxygens (including phenoxy) is 1. The van der Waals surface area contributed by atoms with Crippen LogP contribution in [0.25, 0.3) is 0 Å². The second-order valence-corrected chi connectivity index (χ2v) is 7.67. The fourth-order valence-corrected chi connectivity index (χ4v) is 4.03. The van der Waals surface area contributed by atoms with Crippen LogP contribution in [0.4, 0.5) is 19.3 Å². The zero-order chi connectivity index (χ0) is 21.3. The van der Waals surface area contributed by atoms with Crippen LogP contribution in [0, 0.1) is 11.6 Å². The van der Waals surface area contributed by atoms with Crippen LogP contribution >= 0.6 is 0 Å². The summed E-state index contributed by atoms with van der Waals surface area (Å²) in [6.07, 6.45) is 2.74. The van der Waals surface area contributed by atoms with Crippen LogP contribution in [0.5, 0.6) is 5.88 Å². The summed E-state index contributed by atoms with van der Waals surface area (Å²) < 4.78 is 32.8. The van der Waals surface area contributed by atoms with Crippen molar-refractivity contribution in [3.63, 3.8) is 0 Å². The lowest BCUT2D eigenvalue weighted by atomic mass is 9.78. The van der Waals surface area contributed by atoms with Gasteiger partial charge in [-0.25, -0.2) is 18.6 Å². The Balaban J connectivity index is 1.37. The van der Waals surface area contributed by atoms with Crippen molar-refractivity contribution in [2.45, 2.75) is 31.3 Å². The van der Waals surface area contributed by atoms with Crippen LogP contribution < -0.4 is 15.4 Å². The van der Waals surface area contributed by atoms with Crippen LogP contribution in [0.1, 0.15) is 35.2 Å². The number of carbonyl (C=O) groups is 2. The first kappa shape index (κ1) is 20.1. The summed E-state index contributed by atoms with van der Waals surface area (Å²) in [7, 11) is 1.53. The molecule has 0 saturated carbocycles. The molecule has 2 aromatic rings. The highest BCUT2D eigenvalue weighted by molar-refractivity contribution is 6.04. The Bertz CT molecular complexity index is 990. The first-order valence-corrected chi connectivity index (χ1v) is 9.71. The number of rotatable bonds is 3. The van der Waals surface area contributed by atoms with Crippen LogP contribution in [-0.2, 0) is 6.54 Å². The Labute approximate surface area is 172 Å². The zero-order valence-corrected chi connectivity index (χ0v) is 16.5. The number of amides is 2. The molecule has 2 N–H and O–H groups in total. The summed E-state index contributed by atoms with van der Waals surface area (Å²) in [4.78, 5) is 30.7. The summed E-state index contributed by atoms with van der Waals surface area (Å²) >= 11 is 0. The molecule has 0 unspecified atom stereocenters. The molecule has 7 nitrogen and oxygen atoms in total. The minimum atomic E-state index is -0.773. The fourth-order valence-electron chi connectivity index (χ4n) is 4.03. The number of likely N-dealkylation sites (tertiary alicyclic amines) is 1. The van der Waals surface area contributed by atoms with Crippen molar-refractivity contribution >= 4 is 17.5 Å². The van der Waals surface area contributed by atoms with E-state index in [4.69, 9.17) is 4.74 Å². The lowest BCUT2D eigenvalue weighted by Gasteiger charge is -2.45. The Kier molecular flexibility index (Phi) is 5.27.